The van der Waals surface area contributed by atoms with Crippen molar-refractivity contribution in [2.75, 3.05) is 40.5 Å². The Bertz CT molecular complexity index is 580. The van der Waals surface area contributed by atoms with Crippen LogP contribution in [0.1, 0.15) is 56.4 Å². The normalized spacial score (nSPS) is 11.4. The van der Waals surface area contributed by atoms with E-state index in [4.69, 9.17) is 13.9 Å². The molecule has 1 aromatic rings. The van der Waals surface area contributed by atoms with Gasteiger partial charge in [-0.3, -0.25) is 9.59 Å². The zero-order valence-electron chi connectivity index (χ0n) is 17.2. The van der Waals surface area contributed by atoms with Crippen LogP contribution in [-0.2, 0) is 20.8 Å². The zero-order chi connectivity index (χ0) is 20.3. The van der Waals surface area contributed by atoms with Gasteiger partial charge in [-0.25, -0.2) is 4.98 Å². The van der Waals surface area contributed by atoms with Gasteiger partial charge in [0, 0.05) is 46.9 Å². The standard InChI is InChI=1S/C19H33N3O5/c1-19(2,3)12-17(23)22(9-7-11-26-5)13-16-21-15(14-27-16)18(24)20-8-6-10-25-4/h14H,6-13H2,1-5H3,(H,20,24). The molecule has 1 heterocycles. The van der Waals surface area contributed by atoms with Crippen LogP contribution in [0.3, 0.4) is 0 Å². The van der Waals surface area contributed by atoms with E-state index in [1.54, 1.807) is 19.1 Å². The number of methoxy groups -OCH3 is 2. The van der Waals surface area contributed by atoms with Crippen molar-refractivity contribution < 1.29 is 23.5 Å². The number of ether oxygens (including phenoxy) is 2. The summed E-state index contributed by atoms with van der Waals surface area (Å²) in [6, 6.07) is 0. The first-order valence-corrected chi connectivity index (χ1v) is 9.25. The number of oxazole rings is 1. The third-order valence-corrected chi connectivity index (χ3v) is 3.73. The van der Waals surface area contributed by atoms with Crippen LogP contribution in [-0.4, -0.2) is 62.2 Å². The lowest BCUT2D eigenvalue weighted by molar-refractivity contribution is -0.134. The van der Waals surface area contributed by atoms with Gasteiger partial charge in [-0.05, 0) is 18.3 Å². The third-order valence-electron chi connectivity index (χ3n) is 3.73. The maximum absolute atomic E-state index is 12.6. The van der Waals surface area contributed by atoms with Gasteiger partial charge in [0.1, 0.15) is 6.26 Å². The Labute approximate surface area is 161 Å². The fraction of sp³-hybridized carbons (Fsp3) is 0.737. The second-order valence-corrected chi connectivity index (χ2v) is 7.63. The van der Waals surface area contributed by atoms with Gasteiger partial charge in [0.2, 0.25) is 11.8 Å². The van der Waals surface area contributed by atoms with Crippen molar-refractivity contribution in [3.63, 3.8) is 0 Å². The van der Waals surface area contributed by atoms with Crippen LogP contribution in [0.15, 0.2) is 10.7 Å². The molecular formula is C19H33N3O5. The number of carbonyl (C=O) groups excluding carboxylic acids is 2. The van der Waals surface area contributed by atoms with E-state index in [1.165, 1.54) is 6.26 Å². The molecule has 0 unspecified atom stereocenters. The molecule has 0 spiro atoms. The predicted octanol–water partition coefficient (Wildman–Crippen LogP) is 2.24. The predicted molar refractivity (Wildman–Crippen MR) is 101 cm³/mol. The number of aromatic nitrogens is 1. The molecule has 0 atom stereocenters. The number of amides is 2. The first-order valence-electron chi connectivity index (χ1n) is 9.25. The Balaban J connectivity index is 2.67. The summed E-state index contributed by atoms with van der Waals surface area (Å²) in [5.41, 5.74) is 0.1000. The van der Waals surface area contributed by atoms with Crippen LogP contribution in [0.4, 0.5) is 0 Å². The quantitative estimate of drug-likeness (QED) is 0.556. The van der Waals surface area contributed by atoms with Crippen LogP contribution in [0, 0.1) is 5.41 Å². The van der Waals surface area contributed by atoms with Crippen LogP contribution in [0.25, 0.3) is 0 Å². The summed E-state index contributed by atoms with van der Waals surface area (Å²) in [5, 5.41) is 2.76. The lowest BCUT2D eigenvalue weighted by Gasteiger charge is -2.25. The van der Waals surface area contributed by atoms with Gasteiger partial charge < -0.3 is 24.1 Å². The van der Waals surface area contributed by atoms with Crippen LogP contribution in [0.5, 0.6) is 0 Å². The summed E-state index contributed by atoms with van der Waals surface area (Å²) in [6.45, 7) is 8.50. The minimum atomic E-state index is -0.298. The van der Waals surface area contributed by atoms with Crippen LogP contribution < -0.4 is 5.32 Å². The molecule has 8 heteroatoms. The lowest BCUT2D eigenvalue weighted by atomic mass is 9.91. The van der Waals surface area contributed by atoms with E-state index in [1.807, 2.05) is 20.8 Å². The highest BCUT2D eigenvalue weighted by Gasteiger charge is 2.23. The van der Waals surface area contributed by atoms with Crippen LogP contribution in [0.2, 0.25) is 0 Å². The monoisotopic (exact) mass is 383 g/mol. The molecule has 0 radical (unpaired) electrons. The molecule has 0 aromatic carbocycles. The van der Waals surface area contributed by atoms with Gasteiger partial charge >= 0.3 is 0 Å². The molecule has 0 aliphatic rings. The summed E-state index contributed by atoms with van der Waals surface area (Å²) in [7, 11) is 3.25. The van der Waals surface area contributed by atoms with E-state index in [-0.39, 0.29) is 29.5 Å². The topological polar surface area (TPSA) is 93.9 Å². The average molecular weight is 383 g/mol. The van der Waals surface area contributed by atoms with Gasteiger partial charge in [-0.2, -0.15) is 0 Å². The smallest absolute Gasteiger partial charge is 0.273 e. The number of hydrogen-bond acceptors (Lipinski definition) is 6. The Morgan fingerprint density at radius 3 is 2.48 bits per heavy atom. The van der Waals surface area contributed by atoms with Crippen molar-refractivity contribution in [3.05, 3.63) is 17.8 Å². The number of nitrogens with zero attached hydrogens (tertiary/aromatic N) is 2. The molecular weight excluding hydrogens is 350 g/mol. The van der Waals surface area contributed by atoms with Crippen molar-refractivity contribution in [2.24, 2.45) is 5.41 Å². The summed E-state index contributed by atoms with van der Waals surface area (Å²) < 4.78 is 15.4. The Hall–Kier alpha value is -1.93. The van der Waals surface area contributed by atoms with E-state index < -0.39 is 0 Å². The van der Waals surface area contributed by atoms with Crippen molar-refractivity contribution in [2.45, 2.75) is 46.6 Å². The summed E-state index contributed by atoms with van der Waals surface area (Å²) >= 11 is 0. The van der Waals surface area contributed by atoms with Gasteiger partial charge in [0.15, 0.2) is 5.69 Å². The highest BCUT2D eigenvalue weighted by atomic mass is 16.5. The lowest BCUT2D eigenvalue weighted by Crippen LogP contribution is -2.34. The minimum absolute atomic E-state index is 0.0300. The Morgan fingerprint density at radius 2 is 1.85 bits per heavy atom. The van der Waals surface area contributed by atoms with Crippen LogP contribution >= 0.6 is 0 Å². The average Bonchev–Trinajstić information content (AvgIpc) is 3.05. The second kappa shape index (κ2) is 11.7. The molecule has 27 heavy (non-hydrogen) atoms. The summed E-state index contributed by atoms with van der Waals surface area (Å²) in [4.78, 5) is 30.6. The number of rotatable bonds is 12. The molecule has 0 aliphatic carbocycles. The fourth-order valence-corrected chi connectivity index (χ4v) is 2.42. The molecule has 0 bridgehead atoms. The zero-order valence-corrected chi connectivity index (χ0v) is 17.2. The first kappa shape index (κ1) is 23.1. The molecule has 0 fully saturated rings. The molecule has 154 valence electrons. The maximum atomic E-state index is 12.6. The molecule has 1 aromatic heterocycles. The number of nitrogens with one attached hydrogen (secondary N) is 1. The van der Waals surface area contributed by atoms with Gasteiger partial charge in [-0.15, -0.1) is 0 Å². The van der Waals surface area contributed by atoms with Crippen molar-refractivity contribution in [1.29, 1.82) is 0 Å². The van der Waals surface area contributed by atoms with E-state index in [0.29, 0.717) is 38.6 Å². The highest BCUT2D eigenvalue weighted by molar-refractivity contribution is 5.91. The molecule has 0 saturated heterocycles. The Kier molecular flexibility index (Phi) is 10.0. The third kappa shape index (κ3) is 9.53. The number of carbonyl (C=O) groups is 2. The highest BCUT2D eigenvalue weighted by Crippen LogP contribution is 2.21. The van der Waals surface area contributed by atoms with Gasteiger partial charge in [0.25, 0.3) is 5.91 Å². The summed E-state index contributed by atoms with van der Waals surface area (Å²) in [6.07, 6.45) is 3.19. The number of hydrogen-bond donors (Lipinski definition) is 1. The van der Waals surface area contributed by atoms with E-state index in [0.717, 1.165) is 12.8 Å². The summed E-state index contributed by atoms with van der Waals surface area (Å²) in [5.74, 6) is 0.0761. The minimum Gasteiger partial charge on any atom is -0.446 e. The van der Waals surface area contributed by atoms with Crippen molar-refractivity contribution in [3.8, 4) is 0 Å². The molecule has 2 amide bonds. The first-order chi connectivity index (χ1) is 12.8. The van der Waals surface area contributed by atoms with E-state index in [2.05, 4.69) is 10.3 Å². The second-order valence-electron chi connectivity index (χ2n) is 7.63. The van der Waals surface area contributed by atoms with Crippen molar-refractivity contribution >= 4 is 11.8 Å². The van der Waals surface area contributed by atoms with Gasteiger partial charge in [-0.1, -0.05) is 20.8 Å². The largest absolute Gasteiger partial charge is 0.446 e. The molecule has 0 saturated carbocycles. The molecule has 8 nitrogen and oxygen atoms in total. The Morgan fingerprint density at radius 1 is 1.19 bits per heavy atom. The fourth-order valence-electron chi connectivity index (χ4n) is 2.42. The van der Waals surface area contributed by atoms with E-state index in [9.17, 15) is 9.59 Å². The molecule has 1 rings (SSSR count). The molecule has 0 aliphatic heterocycles. The van der Waals surface area contributed by atoms with Crippen molar-refractivity contribution in [1.82, 2.24) is 15.2 Å². The maximum Gasteiger partial charge on any atom is 0.273 e. The van der Waals surface area contributed by atoms with E-state index >= 15 is 0 Å². The molecule has 1 N–H and O–H groups in total. The van der Waals surface area contributed by atoms with Gasteiger partial charge in [0.05, 0.1) is 6.54 Å². The SMILES string of the molecule is COCCCNC(=O)c1coc(CN(CCCOC)C(=O)CC(C)(C)C)n1.